The van der Waals surface area contributed by atoms with Crippen LogP contribution >= 0.6 is 15.9 Å². The van der Waals surface area contributed by atoms with Crippen LogP contribution in [0.25, 0.3) is 0 Å². The molecule has 0 unspecified atom stereocenters. The van der Waals surface area contributed by atoms with Crippen molar-refractivity contribution in [1.82, 2.24) is 10.2 Å². The van der Waals surface area contributed by atoms with Gasteiger partial charge < -0.3 is 15.0 Å². The Balaban J connectivity index is 2.12. The van der Waals surface area contributed by atoms with Gasteiger partial charge in [-0.15, -0.1) is 0 Å². The molecule has 0 aliphatic carbocycles. The van der Waals surface area contributed by atoms with E-state index >= 15 is 0 Å². The number of aryl methyl sites for hydroxylation is 1. The third kappa shape index (κ3) is 7.17. The number of ether oxygens (including phenoxy) is 1. The Bertz CT molecular complexity index is 821. The van der Waals surface area contributed by atoms with Gasteiger partial charge in [0.05, 0.1) is 0 Å². The molecule has 0 spiro atoms. The Hall–Kier alpha value is -2.34. The molecule has 0 radical (unpaired) electrons. The van der Waals surface area contributed by atoms with Gasteiger partial charge in [-0.05, 0) is 62.1 Å². The van der Waals surface area contributed by atoms with Crippen LogP contribution in [0.5, 0.6) is 5.75 Å². The lowest BCUT2D eigenvalue weighted by molar-refractivity contribution is -0.142. The van der Waals surface area contributed by atoms with Gasteiger partial charge in [-0.2, -0.15) is 0 Å². The fourth-order valence-electron chi connectivity index (χ4n) is 2.88. The average molecular weight is 475 g/mol. The zero-order valence-electron chi connectivity index (χ0n) is 18.2. The van der Waals surface area contributed by atoms with Crippen LogP contribution in [0.2, 0.25) is 0 Å². The standard InChI is InChI=1S/C24H31BrN2O3/c1-5-17(3)26-24(29)18(4)27(15-20-7-11-21(25)12-8-20)23(28)16-30-22-13-9-19(6-2)10-14-22/h7-14,17-18H,5-6,15-16H2,1-4H3,(H,26,29)/t17-,18-/m0/s1. The van der Waals surface area contributed by atoms with Crippen LogP contribution in [0.15, 0.2) is 53.0 Å². The highest BCUT2D eigenvalue weighted by Gasteiger charge is 2.27. The molecule has 0 bridgehead atoms. The molecule has 2 atom stereocenters. The monoisotopic (exact) mass is 474 g/mol. The summed E-state index contributed by atoms with van der Waals surface area (Å²) in [6, 6.07) is 14.9. The van der Waals surface area contributed by atoms with E-state index in [2.05, 4.69) is 28.2 Å². The van der Waals surface area contributed by atoms with Crippen molar-refractivity contribution in [3.8, 4) is 5.75 Å². The molecule has 1 N–H and O–H groups in total. The van der Waals surface area contributed by atoms with Crippen LogP contribution in [0, 0.1) is 0 Å². The maximum Gasteiger partial charge on any atom is 0.261 e. The molecule has 2 amide bonds. The number of hydrogen-bond acceptors (Lipinski definition) is 3. The Kier molecular flexibility index (Phi) is 9.37. The van der Waals surface area contributed by atoms with Crippen molar-refractivity contribution < 1.29 is 14.3 Å². The first-order valence-electron chi connectivity index (χ1n) is 10.4. The van der Waals surface area contributed by atoms with Gasteiger partial charge in [-0.3, -0.25) is 9.59 Å². The Labute approximate surface area is 187 Å². The van der Waals surface area contributed by atoms with E-state index in [9.17, 15) is 9.59 Å². The third-order valence-corrected chi connectivity index (χ3v) is 5.66. The largest absolute Gasteiger partial charge is 0.484 e. The molecule has 0 aromatic heterocycles. The molecule has 0 saturated carbocycles. The van der Waals surface area contributed by atoms with E-state index in [1.165, 1.54) is 5.56 Å². The Morgan fingerprint density at radius 3 is 2.17 bits per heavy atom. The number of benzene rings is 2. The van der Waals surface area contributed by atoms with Crippen molar-refractivity contribution in [2.45, 2.75) is 59.2 Å². The summed E-state index contributed by atoms with van der Waals surface area (Å²) < 4.78 is 6.67. The highest BCUT2D eigenvalue weighted by atomic mass is 79.9. The minimum absolute atomic E-state index is 0.0536. The second-order valence-corrected chi connectivity index (χ2v) is 8.34. The van der Waals surface area contributed by atoms with Crippen LogP contribution in [-0.4, -0.2) is 35.4 Å². The second kappa shape index (κ2) is 11.7. The SMILES string of the molecule is CCc1ccc(OCC(=O)N(Cc2ccc(Br)cc2)[C@@H](C)C(=O)N[C@@H](C)CC)cc1. The summed E-state index contributed by atoms with van der Waals surface area (Å²) in [6.07, 6.45) is 1.78. The minimum atomic E-state index is -0.610. The molecule has 30 heavy (non-hydrogen) atoms. The van der Waals surface area contributed by atoms with Gasteiger partial charge in [0, 0.05) is 17.1 Å². The van der Waals surface area contributed by atoms with Crippen LogP contribution in [-0.2, 0) is 22.6 Å². The number of amides is 2. The molecule has 2 aromatic carbocycles. The lowest BCUT2D eigenvalue weighted by Crippen LogP contribution is -2.50. The molecule has 0 saturated heterocycles. The summed E-state index contributed by atoms with van der Waals surface area (Å²) in [4.78, 5) is 27.3. The van der Waals surface area contributed by atoms with E-state index in [1.807, 2.05) is 62.4 Å². The van der Waals surface area contributed by atoms with E-state index in [0.29, 0.717) is 12.3 Å². The van der Waals surface area contributed by atoms with Crippen molar-refractivity contribution in [3.05, 3.63) is 64.1 Å². The molecule has 2 rings (SSSR count). The van der Waals surface area contributed by atoms with Gasteiger partial charge in [-0.1, -0.05) is 54.0 Å². The Morgan fingerprint density at radius 1 is 1.00 bits per heavy atom. The molecular formula is C24H31BrN2O3. The van der Waals surface area contributed by atoms with E-state index in [-0.39, 0.29) is 24.5 Å². The van der Waals surface area contributed by atoms with E-state index < -0.39 is 6.04 Å². The molecule has 6 heteroatoms. The summed E-state index contributed by atoms with van der Waals surface area (Å²) in [7, 11) is 0. The number of nitrogens with one attached hydrogen (secondary N) is 1. The lowest BCUT2D eigenvalue weighted by Gasteiger charge is -2.29. The lowest BCUT2D eigenvalue weighted by atomic mass is 10.1. The molecule has 5 nitrogen and oxygen atoms in total. The number of carbonyl (C=O) groups is 2. The van der Waals surface area contributed by atoms with Gasteiger partial charge in [0.25, 0.3) is 5.91 Å². The fraction of sp³-hybridized carbons (Fsp3) is 0.417. The van der Waals surface area contributed by atoms with Gasteiger partial charge >= 0.3 is 0 Å². The molecule has 0 aliphatic heterocycles. The topological polar surface area (TPSA) is 58.6 Å². The summed E-state index contributed by atoms with van der Waals surface area (Å²) in [5.41, 5.74) is 2.16. The average Bonchev–Trinajstić information content (AvgIpc) is 2.76. The maximum atomic E-state index is 13.0. The smallest absolute Gasteiger partial charge is 0.261 e. The summed E-state index contributed by atoms with van der Waals surface area (Å²) in [5.74, 6) is 0.243. The highest BCUT2D eigenvalue weighted by molar-refractivity contribution is 9.10. The molecule has 0 fully saturated rings. The second-order valence-electron chi connectivity index (χ2n) is 7.43. The maximum absolute atomic E-state index is 13.0. The number of rotatable bonds is 10. The van der Waals surface area contributed by atoms with Crippen molar-refractivity contribution in [1.29, 1.82) is 0 Å². The minimum Gasteiger partial charge on any atom is -0.484 e. The number of carbonyl (C=O) groups excluding carboxylic acids is 2. The zero-order chi connectivity index (χ0) is 22.1. The van der Waals surface area contributed by atoms with E-state index in [1.54, 1.807) is 11.8 Å². The van der Waals surface area contributed by atoms with Crippen molar-refractivity contribution in [2.75, 3.05) is 6.61 Å². The van der Waals surface area contributed by atoms with Gasteiger partial charge in [0.1, 0.15) is 11.8 Å². The zero-order valence-corrected chi connectivity index (χ0v) is 19.7. The first kappa shape index (κ1) is 23.9. The third-order valence-electron chi connectivity index (χ3n) is 5.13. The van der Waals surface area contributed by atoms with Crippen LogP contribution < -0.4 is 10.1 Å². The van der Waals surface area contributed by atoms with Crippen molar-refractivity contribution in [3.63, 3.8) is 0 Å². The quantitative estimate of drug-likeness (QED) is 0.541. The molecule has 0 aliphatic rings. The van der Waals surface area contributed by atoms with Gasteiger partial charge in [-0.25, -0.2) is 0 Å². The first-order chi connectivity index (χ1) is 14.3. The summed E-state index contributed by atoms with van der Waals surface area (Å²) in [6.45, 7) is 8.02. The predicted octanol–water partition coefficient (Wildman–Crippen LogP) is 4.72. The van der Waals surface area contributed by atoms with Crippen LogP contribution in [0.4, 0.5) is 0 Å². The highest BCUT2D eigenvalue weighted by Crippen LogP contribution is 2.16. The normalized spacial score (nSPS) is 12.7. The summed E-state index contributed by atoms with van der Waals surface area (Å²) in [5, 5.41) is 2.96. The van der Waals surface area contributed by atoms with Crippen molar-refractivity contribution in [2.24, 2.45) is 0 Å². The van der Waals surface area contributed by atoms with Gasteiger partial charge in [0.2, 0.25) is 5.91 Å². The molecular weight excluding hydrogens is 444 g/mol. The van der Waals surface area contributed by atoms with Crippen LogP contribution in [0.3, 0.4) is 0 Å². The van der Waals surface area contributed by atoms with Gasteiger partial charge in [0.15, 0.2) is 6.61 Å². The number of hydrogen-bond donors (Lipinski definition) is 1. The summed E-state index contributed by atoms with van der Waals surface area (Å²) >= 11 is 3.42. The molecule has 0 heterocycles. The molecule has 2 aromatic rings. The molecule has 162 valence electrons. The van der Waals surface area contributed by atoms with E-state index in [0.717, 1.165) is 22.9 Å². The predicted molar refractivity (Wildman–Crippen MR) is 123 cm³/mol. The van der Waals surface area contributed by atoms with E-state index in [4.69, 9.17) is 4.74 Å². The van der Waals surface area contributed by atoms with Crippen molar-refractivity contribution >= 4 is 27.7 Å². The fourth-order valence-corrected chi connectivity index (χ4v) is 3.15. The number of halogens is 1. The Morgan fingerprint density at radius 2 is 1.60 bits per heavy atom. The van der Waals surface area contributed by atoms with Crippen LogP contribution in [0.1, 0.15) is 45.2 Å². The first-order valence-corrected chi connectivity index (χ1v) is 11.2. The number of nitrogens with zero attached hydrogens (tertiary/aromatic N) is 1.